The minimum atomic E-state index is -4.37. The van der Waals surface area contributed by atoms with Crippen LogP contribution in [0.1, 0.15) is 74.2 Å². The molecule has 0 aliphatic rings. The fraction of sp³-hybridized carbons (Fsp3) is 0.611. The highest BCUT2D eigenvalue weighted by molar-refractivity contribution is 5.94. The van der Waals surface area contributed by atoms with E-state index in [1.165, 1.54) is 50.7 Å². The summed E-state index contributed by atoms with van der Waals surface area (Å²) in [6.45, 7) is 2.76. The molecule has 2 nitrogen and oxygen atoms in total. The minimum Gasteiger partial charge on any atom is -0.352 e. The second-order valence-electron chi connectivity index (χ2n) is 5.81. The van der Waals surface area contributed by atoms with E-state index >= 15 is 0 Å². The SMILES string of the molecule is CCCCCCCCCCNC(=O)c1ccc(C(F)(F)F)cc1. The van der Waals surface area contributed by atoms with Crippen LogP contribution in [0.5, 0.6) is 0 Å². The third-order valence-corrected chi connectivity index (χ3v) is 3.79. The fourth-order valence-corrected chi connectivity index (χ4v) is 2.37. The van der Waals surface area contributed by atoms with Crippen LogP contribution in [0.15, 0.2) is 24.3 Å². The topological polar surface area (TPSA) is 29.1 Å². The standard InChI is InChI=1S/C18H26F3NO/c1-2-3-4-5-6-7-8-9-14-22-17(23)15-10-12-16(13-11-15)18(19,20)21/h10-13H,2-9,14H2,1H3,(H,22,23). The molecule has 1 amide bonds. The summed E-state index contributed by atoms with van der Waals surface area (Å²) in [5.41, 5.74) is -0.477. The predicted molar refractivity (Wildman–Crippen MR) is 86.4 cm³/mol. The van der Waals surface area contributed by atoms with Gasteiger partial charge in [-0.05, 0) is 30.7 Å². The molecule has 0 spiro atoms. The fourth-order valence-electron chi connectivity index (χ4n) is 2.37. The van der Waals surface area contributed by atoms with E-state index < -0.39 is 11.7 Å². The summed E-state index contributed by atoms with van der Waals surface area (Å²) in [6.07, 6.45) is 5.10. The van der Waals surface area contributed by atoms with Gasteiger partial charge in [-0.25, -0.2) is 0 Å². The maximum Gasteiger partial charge on any atom is 0.416 e. The van der Waals surface area contributed by atoms with E-state index in [0.29, 0.717) is 6.54 Å². The summed E-state index contributed by atoms with van der Waals surface area (Å²) in [5.74, 6) is -0.318. The van der Waals surface area contributed by atoms with E-state index in [2.05, 4.69) is 12.2 Å². The molecular weight excluding hydrogens is 303 g/mol. The largest absolute Gasteiger partial charge is 0.416 e. The lowest BCUT2D eigenvalue weighted by Gasteiger charge is -2.08. The van der Waals surface area contributed by atoms with Crippen molar-refractivity contribution in [3.63, 3.8) is 0 Å². The van der Waals surface area contributed by atoms with Crippen molar-refractivity contribution in [2.24, 2.45) is 0 Å². The monoisotopic (exact) mass is 329 g/mol. The van der Waals surface area contributed by atoms with Gasteiger partial charge in [0.05, 0.1) is 5.56 Å². The van der Waals surface area contributed by atoms with E-state index in [1.807, 2.05) is 0 Å². The van der Waals surface area contributed by atoms with Crippen molar-refractivity contribution in [1.82, 2.24) is 5.32 Å². The summed E-state index contributed by atoms with van der Waals surface area (Å²) in [5, 5.41) is 2.75. The van der Waals surface area contributed by atoms with Gasteiger partial charge in [0, 0.05) is 12.1 Å². The van der Waals surface area contributed by atoms with Gasteiger partial charge in [-0.15, -0.1) is 0 Å². The van der Waals surface area contributed by atoms with Crippen molar-refractivity contribution in [1.29, 1.82) is 0 Å². The number of carbonyl (C=O) groups is 1. The smallest absolute Gasteiger partial charge is 0.352 e. The van der Waals surface area contributed by atoms with Crippen LogP contribution in [-0.4, -0.2) is 12.5 Å². The number of alkyl halides is 3. The predicted octanol–water partition coefficient (Wildman–Crippen LogP) is 5.58. The van der Waals surface area contributed by atoms with Crippen molar-refractivity contribution in [2.75, 3.05) is 6.54 Å². The van der Waals surface area contributed by atoms with Crippen molar-refractivity contribution >= 4 is 5.91 Å². The Balaban J connectivity index is 2.17. The quantitative estimate of drug-likeness (QED) is 0.558. The number of amides is 1. The molecule has 130 valence electrons. The van der Waals surface area contributed by atoms with Gasteiger partial charge in [-0.2, -0.15) is 13.2 Å². The summed E-state index contributed by atoms with van der Waals surface area (Å²) >= 11 is 0. The molecule has 0 bridgehead atoms. The van der Waals surface area contributed by atoms with E-state index in [-0.39, 0.29) is 11.5 Å². The Kier molecular flexibility index (Phi) is 8.74. The van der Waals surface area contributed by atoms with Crippen LogP contribution in [0.25, 0.3) is 0 Å². The van der Waals surface area contributed by atoms with Gasteiger partial charge in [-0.3, -0.25) is 4.79 Å². The first-order valence-electron chi connectivity index (χ1n) is 8.40. The van der Waals surface area contributed by atoms with Crippen molar-refractivity contribution < 1.29 is 18.0 Å². The van der Waals surface area contributed by atoms with Gasteiger partial charge in [0.25, 0.3) is 5.91 Å². The highest BCUT2D eigenvalue weighted by Gasteiger charge is 2.30. The molecule has 0 saturated carbocycles. The molecule has 0 heterocycles. The number of carbonyl (C=O) groups excluding carboxylic acids is 1. The normalized spacial score (nSPS) is 11.5. The number of unbranched alkanes of at least 4 members (excludes halogenated alkanes) is 7. The lowest BCUT2D eigenvalue weighted by Crippen LogP contribution is -2.24. The van der Waals surface area contributed by atoms with Gasteiger partial charge in [-0.1, -0.05) is 51.9 Å². The summed E-state index contributed by atoms with van der Waals surface area (Å²) in [6, 6.07) is 4.30. The first kappa shape index (κ1) is 19.5. The lowest BCUT2D eigenvalue weighted by atomic mass is 10.1. The van der Waals surface area contributed by atoms with Crippen LogP contribution >= 0.6 is 0 Å². The average Bonchev–Trinajstić information content (AvgIpc) is 2.52. The third-order valence-electron chi connectivity index (χ3n) is 3.79. The zero-order valence-electron chi connectivity index (χ0n) is 13.7. The Morgan fingerprint density at radius 3 is 1.96 bits per heavy atom. The van der Waals surface area contributed by atoms with E-state index in [4.69, 9.17) is 0 Å². The molecule has 0 aliphatic heterocycles. The Hall–Kier alpha value is -1.52. The number of benzene rings is 1. The number of halogens is 3. The average molecular weight is 329 g/mol. The summed E-state index contributed by atoms with van der Waals surface area (Å²) in [4.78, 5) is 11.8. The van der Waals surface area contributed by atoms with Crippen LogP contribution in [0.3, 0.4) is 0 Å². The van der Waals surface area contributed by atoms with Gasteiger partial charge < -0.3 is 5.32 Å². The second kappa shape index (κ2) is 10.3. The Labute approximate surface area is 136 Å². The molecule has 0 atom stereocenters. The van der Waals surface area contributed by atoms with Crippen LogP contribution in [0, 0.1) is 0 Å². The van der Waals surface area contributed by atoms with Crippen LogP contribution < -0.4 is 5.32 Å². The first-order valence-corrected chi connectivity index (χ1v) is 8.40. The molecule has 0 saturated heterocycles. The number of rotatable bonds is 10. The summed E-state index contributed by atoms with van der Waals surface area (Å²) < 4.78 is 37.3. The van der Waals surface area contributed by atoms with Crippen LogP contribution in [0.2, 0.25) is 0 Å². The van der Waals surface area contributed by atoms with Gasteiger partial charge in [0.15, 0.2) is 0 Å². The van der Waals surface area contributed by atoms with Crippen molar-refractivity contribution in [3.05, 3.63) is 35.4 Å². The Bertz CT molecular complexity index is 454. The Morgan fingerprint density at radius 2 is 1.43 bits per heavy atom. The lowest BCUT2D eigenvalue weighted by molar-refractivity contribution is -0.137. The van der Waals surface area contributed by atoms with Crippen molar-refractivity contribution in [2.45, 2.75) is 64.5 Å². The molecular formula is C18H26F3NO. The molecule has 0 unspecified atom stereocenters. The number of nitrogens with one attached hydrogen (secondary N) is 1. The van der Waals surface area contributed by atoms with E-state index in [0.717, 1.165) is 25.0 Å². The molecule has 1 N–H and O–H groups in total. The maximum atomic E-state index is 12.4. The Morgan fingerprint density at radius 1 is 0.913 bits per heavy atom. The van der Waals surface area contributed by atoms with Gasteiger partial charge >= 0.3 is 6.18 Å². The molecule has 0 radical (unpaired) electrons. The first-order chi connectivity index (χ1) is 10.9. The van der Waals surface area contributed by atoms with Crippen LogP contribution in [-0.2, 0) is 6.18 Å². The van der Waals surface area contributed by atoms with Crippen molar-refractivity contribution in [3.8, 4) is 0 Å². The molecule has 5 heteroatoms. The zero-order valence-corrected chi connectivity index (χ0v) is 13.7. The highest BCUT2D eigenvalue weighted by Crippen LogP contribution is 2.29. The summed E-state index contributed by atoms with van der Waals surface area (Å²) in [7, 11) is 0. The molecule has 23 heavy (non-hydrogen) atoms. The number of hydrogen-bond acceptors (Lipinski definition) is 1. The molecule has 0 aromatic heterocycles. The third kappa shape index (κ3) is 8.05. The minimum absolute atomic E-state index is 0.262. The maximum absolute atomic E-state index is 12.4. The molecule has 1 rings (SSSR count). The molecule has 0 fully saturated rings. The number of hydrogen-bond donors (Lipinski definition) is 1. The molecule has 1 aromatic carbocycles. The van der Waals surface area contributed by atoms with E-state index in [1.54, 1.807) is 0 Å². The zero-order chi connectivity index (χ0) is 17.1. The van der Waals surface area contributed by atoms with E-state index in [9.17, 15) is 18.0 Å². The molecule has 0 aliphatic carbocycles. The van der Waals surface area contributed by atoms with Gasteiger partial charge in [0.1, 0.15) is 0 Å². The van der Waals surface area contributed by atoms with Crippen LogP contribution in [0.4, 0.5) is 13.2 Å². The second-order valence-corrected chi connectivity index (χ2v) is 5.81. The highest BCUT2D eigenvalue weighted by atomic mass is 19.4. The molecule has 1 aromatic rings. The van der Waals surface area contributed by atoms with Gasteiger partial charge in [0.2, 0.25) is 0 Å².